The zero-order valence-electron chi connectivity index (χ0n) is 14.0. The molecule has 0 radical (unpaired) electrons. The number of nitrogens with one attached hydrogen (secondary N) is 2. The molecule has 3 amide bonds. The molecule has 6 heteroatoms. The van der Waals surface area contributed by atoms with Crippen molar-refractivity contribution < 1.29 is 14.4 Å². The van der Waals surface area contributed by atoms with Crippen molar-refractivity contribution in [3.05, 3.63) is 35.9 Å². The first-order valence-electron chi connectivity index (χ1n) is 8.48. The summed E-state index contributed by atoms with van der Waals surface area (Å²) in [4.78, 5) is 38.9. The first-order valence-corrected chi connectivity index (χ1v) is 8.48. The molecule has 128 valence electrons. The average Bonchev–Trinajstić information content (AvgIpc) is 3.03. The molecule has 0 unspecified atom stereocenters. The zero-order chi connectivity index (χ0) is 17.3. The third-order valence-corrected chi connectivity index (χ3v) is 5.03. The Bertz CT molecular complexity index is 646. The summed E-state index contributed by atoms with van der Waals surface area (Å²) in [7, 11) is 0. The Morgan fingerprint density at radius 2 is 2.04 bits per heavy atom. The van der Waals surface area contributed by atoms with Crippen LogP contribution in [0.1, 0.15) is 37.0 Å². The van der Waals surface area contributed by atoms with E-state index >= 15 is 0 Å². The highest BCUT2D eigenvalue weighted by atomic mass is 16.2. The van der Waals surface area contributed by atoms with Crippen LogP contribution in [0.3, 0.4) is 0 Å². The molecule has 2 aliphatic heterocycles. The van der Waals surface area contributed by atoms with Crippen LogP contribution in [0.15, 0.2) is 30.3 Å². The average molecular weight is 329 g/mol. The summed E-state index contributed by atoms with van der Waals surface area (Å²) < 4.78 is 0. The maximum atomic E-state index is 12.7. The molecule has 6 nitrogen and oxygen atoms in total. The van der Waals surface area contributed by atoms with Gasteiger partial charge in [-0.25, -0.2) is 0 Å². The molecule has 0 bridgehead atoms. The molecule has 24 heavy (non-hydrogen) atoms. The minimum atomic E-state index is -0.473. The first kappa shape index (κ1) is 16.5. The van der Waals surface area contributed by atoms with Crippen molar-refractivity contribution in [1.29, 1.82) is 0 Å². The number of rotatable bonds is 4. The number of hydrogen-bond acceptors (Lipinski definition) is 3. The summed E-state index contributed by atoms with van der Waals surface area (Å²) in [6.07, 6.45) is 1.28. The van der Waals surface area contributed by atoms with Gasteiger partial charge in [0.1, 0.15) is 12.1 Å². The van der Waals surface area contributed by atoms with Gasteiger partial charge in [-0.05, 0) is 24.5 Å². The second-order valence-corrected chi connectivity index (χ2v) is 6.65. The van der Waals surface area contributed by atoms with E-state index in [1.807, 2.05) is 19.9 Å². The molecule has 2 fully saturated rings. The highest BCUT2D eigenvalue weighted by molar-refractivity contribution is 5.98. The number of carbonyl (C=O) groups excluding carboxylic acids is 3. The molecule has 0 saturated carbocycles. The van der Waals surface area contributed by atoms with E-state index in [2.05, 4.69) is 10.6 Å². The lowest BCUT2D eigenvalue weighted by Gasteiger charge is -2.36. The molecule has 4 atom stereocenters. The number of carbonyl (C=O) groups is 3. The predicted molar refractivity (Wildman–Crippen MR) is 89.2 cm³/mol. The lowest BCUT2D eigenvalue weighted by Crippen LogP contribution is -2.62. The number of nitrogens with zero attached hydrogens (tertiary/aromatic N) is 1. The topological polar surface area (TPSA) is 78.5 Å². The monoisotopic (exact) mass is 329 g/mol. The SMILES string of the molecule is CC[C@H](C)[C@@H]1NC(=O)[C@@H]2C[C@H](NC(=O)c3ccccc3)CN2C1=O. The fourth-order valence-corrected chi connectivity index (χ4v) is 3.40. The van der Waals surface area contributed by atoms with E-state index in [9.17, 15) is 14.4 Å². The van der Waals surface area contributed by atoms with Gasteiger partial charge in [-0.2, -0.15) is 0 Å². The quantitative estimate of drug-likeness (QED) is 0.862. The Balaban J connectivity index is 1.68. The summed E-state index contributed by atoms with van der Waals surface area (Å²) >= 11 is 0. The van der Waals surface area contributed by atoms with Crippen LogP contribution in [0.25, 0.3) is 0 Å². The minimum absolute atomic E-state index is 0.0367. The van der Waals surface area contributed by atoms with Gasteiger partial charge in [-0.3, -0.25) is 14.4 Å². The Hall–Kier alpha value is -2.37. The molecule has 2 saturated heterocycles. The highest BCUT2D eigenvalue weighted by Crippen LogP contribution is 2.26. The van der Waals surface area contributed by atoms with E-state index in [0.29, 0.717) is 18.5 Å². The largest absolute Gasteiger partial charge is 0.347 e. The predicted octanol–water partition coefficient (Wildman–Crippen LogP) is 0.930. The Morgan fingerprint density at radius 3 is 2.71 bits per heavy atom. The molecule has 0 spiro atoms. The van der Waals surface area contributed by atoms with Crippen LogP contribution in [-0.4, -0.2) is 47.3 Å². The zero-order valence-corrected chi connectivity index (χ0v) is 14.0. The fraction of sp³-hybridized carbons (Fsp3) is 0.500. The standard InChI is InChI=1S/C18H23N3O3/c1-3-11(2)15-18(24)21-10-13(9-14(21)17(23)20-15)19-16(22)12-7-5-4-6-8-12/h4-8,11,13-15H,3,9-10H2,1-2H3,(H,19,22)(H,20,23)/t11-,13-,14-,15-/m0/s1. The van der Waals surface area contributed by atoms with E-state index in [1.54, 1.807) is 29.2 Å². The van der Waals surface area contributed by atoms with Gasteiger partial charge in [-0.1, -0.05) is 38.5 Å². The van der Waals surface area contributed by atoms with Crippen LogP contribution in [0, 0.1) is 5.92 Å². The van der Waals surface area contributed by atoms with Crippen molar-refractivity contribution in [3.63, 3.8) is 0 Å². The third-order valence-electron chi connectivity index (χ3n) is 5.03. The van der Waals surface area contributed by atoms with Crippen molar-refractivity contribution in [1.82, 2.24) is 15.5 Å². The number of fused-ring (bicyclic) bond motifs is 1. The van der Waals surface area contributed by atoms with Crippen LogP contribution in [0.4, 0.5) is 0 Å². The van der Waals surface area contributed by atoms with Gasteiger partial charge in [0.15, 0.2) is 0 Å². The lowest BCUT2D eigenvalue weighted by atomic mass is 9.95. The second-order valence-electron chi connectivity index (χ2n) is 6.65. The van der Waals surface area contributed by atoms with E-state index < -0.39 is 12.1 Å². The molecule has 1 aromatic rings. The van der Waals surface area contributed by atoms with Crippen LogP contribution in [-0.2, 0) is 9.59 Å². The van der Waals surface area contributed by atoms with Gasteiger partial charge >= 0.3 is 0 Å². The van der Waals surface area contributed by atoms with Crippen molar-refractivity contribution in [3.8, 4) is 0 Å². The summed E-state index contributed by atoms with van der Waals surface area (Å²) in [6.45, 7) is 4.36. The van der Waals surface area contributed by atoms with Crippen molar-refractivity contribution >= 4 is 17.7 Å². The van der Waals surface area contributed by atoms with Crippen LogP contribution < -0.4 is 10.6 Å². The maximum absolute atomic E-state index is 12.7. The van der Waals surface area contributed by atoms with Crippen molar-refractivity contribution in [2.45, 2.75) is 44.8 Å². The van der Waals surface area contributed by atoms with Crippen LogP contribution in [0.5, 0.6) is 0 Å². The Morgan fingerprint density at radius 1 is 1.33 bits per heavy atom. The van der Waals surface area contributed by atoms with Crippen LogP contribution in [0.2, 0.25) is 0 Å². The van der Waals surface area contributed by atoms with Gasteiger partial charge in [0.2, 0.25) is 11.8 Å². The summed E-state index contributed by atoms with van der Waals surface area (Å²) in [5.74, 6) is -0.228. The Labute approximate surface area is 141 Å². The summed E-state index contributed by atoms with van der Waals surface area (Å²) in [5.41, 5.74) is 0.579. The first-order chi connectivity index (χ1) is 11.5. The number of piperazine rings is 1. The number of amides is 3. The van der Waals surface area contributed by atoms with E-state index in [0.717, 1.165) is 6.42 Å². The molecule has 0 aromatic heterocycles. The van der Waals surface area contributed by atoms with Crippen molar-refractivity contribution in [2.75, 3.05) is 6.54 Å². The lowest BCUT2D eigenvalue weighted by molar-refractivity contribution is -0.148. The molecule has 3 rings (SSSR count). The van der Waals surface area contributed by atoms with Crippen LogP contribution >= 0.6 is 0 Å². The van der Waals surface area contributed by atoms with Gasteiger partial charge in [0.25, 0.3) is 5.91 Å². The van der Waals surface area contributed by atoms with Gasteiger partial charge in [-0.15, -0.1) is 0 Å². The second kappa shape index (κ2) is 6.63. The molecule has 1 aromatic carbocycles. The van der Waals surface area contributed by atoms with Gasteiger partial charge < -0.3 is 15.5 Å². The smallest absolute Gasteiger partial charge is 0.251 e. The van der Waals surface area contributed by atoms with Crippen molar-refractivity contribution in [2.24, 2.45) is 5.92 Å². The summed E-state index contributed by atoms with van der Waals surface area (Å²) in [5, 5.41) is 5.79. The third kappa shape index (κ3) is 3.00. The normalized spacial score (nSPS) is 27.4. The molecular formula is C18H23N3O3. The van der Waals surface area contributed by atoms with E-state index in [4.69, 9.17) is 0 Å². The number of benzene rings is 1. The van der Waals surface area contributed by atoms with Gasteiger partial charge in [0, 0.05) is 18.2 Å². The minimum Gasteiger partial charge on any atom is -0.347 e. The molecular weight excluding hydrogens is 306 g/mol. The Kier molecular flexibility index (Phi) is 4.55. The number of hydrogen-bond donors (Lipinski definition) is 2. The molecule has 0 aliphatic carbocycles. The maximum Gasteiger partial charge on any atom is 0.251 e. The molecule has 2 aliphatic rings. The fourth-order valence-electron chi connectivity index (χ4n) is 3.40. The molecule has 2 heterocycles. The highest BCUT2D eigenvalue weighted by Gasteiger charge is 2.47. The van der Waals surface area contributed by atoms with Gasteiger partial charge in [0.05, 0.1) is 0 Å². The summed E-state index contributed by atoms with van der Waals surface area (Å²) in [6, 6.07) is 7.82. The molecule has 2 N–H and O–H groups in total. The van der Waals surface area contributed by atoms with E-state index in [1.165, 1.54) is 0 Å². The van der Waals surface area contributed by atoms with E-state index in [-0.39, 0.29) is 29.7 Å².